The van der Waals surface area contributed by atoms with E-state index in [1.165, 1.54) is 29.2 Å². The van der Waals surface area contributed by atoms with E-state index in [0.29, 0.717) is 6.04 Å². The molecule has 0 aliphatic carbocycles. The summed E-state index contributed by atoms with van der Waals surface area (Å²) in [6.45, 7) is 1.15. The monoisotopic (exact) mass is 213 g/mol. The highest BCUT2D eigenvalue weighted by Crippen LogP contribution is 2.19. The highest BCUT2D eigenvalue weighted by Gasteiger charge is 2.15. The van der Waals surface area contributed by atoms with Gasteiger partial charge < -0.3 is 5.32 Å². The summed E-state index contributed by atoms with van der Waals surface area (Å²) >= 11 is 0. The van der Waals surface area contributed by atoms with E-state index in [1.807, 2.05) is 30.9 Å². The minimum Gasteiger partial charge on any atom is -0.314 e. The summed E-state index contributed by atoms with van der Waals surface area (Å²) in [6, 6.07) is 2.64. The smallest absolute Gasteiger partial charge is 0.0350 e. The molecule has 16 heavy (non-hydrogen) atoms. The lowest BCUT2D eigenvalue weighted by molar-refractivity contribution is 0.604. The molecule has 1 fully saturated rings. The topological polar surface area (TPSA) is 37.8 Å². The molecule has 3 heterocycles. The molecule has 82 valence electrons. The first-order valence-electron chi connectivity index (χ1n) is 5.83. The van der Waals surface area contributed by atoms with Crippen LogP contribution in [0.25, 0.3) is 10.8 Å². The van der Waals surface area contributed by atoms with Gasteiger partial charge in [0.2, 0.25) is 0 Å². The number of nitrogens with zero attached hydrogens (tertiary/aromatic N) is 2. The predicted octanol–water partition coefficient (Wildman–Crippen LogP) is 1.92. The van der Waals surface area contributed by atoms with Crippen molar-refractivity contribution < 1.29 is 0 Å². The van der Waals surface area contributed by atoms with Crippen LogP contribution < -0.4 is 5.32 Å². The van der Waals surface area contributed by atoms with Gasteiger partial charge in [0, 0.05) is 41.6 Å². The van der Waals surface area contributed by atoms with E-state index in [2.05, 4.69) is 15.3 Å². The van der Waals surface area contributed by atoms with Crippen LogP contribution in [0, 0.1) is 0 Å². The van der Waals surface area contributed by atoms with Gasteiger partial charge in [-0.15, -0.1) is 0 Å². The van der Waals surface area contributed by atoms with Crippen molar-refractivity contribution in [3.05, 3.63) is 36.4 Å². The Labute approximate surface area is 94.9 Å². The number of rotatable bonds is 2. The van der Waals surface area contributed by atoms with Crippen LogP contribution in [0.3, 0.4) is 0 Å². The molecule has 1 N–H and O–H groups in total. The highest BCUT2D eigenvalue weighted by atomic mass is 14.9. The summed E-state index contributed by atoms with van der Waals surface area (Å²) < 4.78 is 0. The van der Waals surface area contributed by atoms with Gasteiger partial charge in [-0.3, -0.25) is 9.97 Å². The quantitative estimate of drug-likeness (QED) is 0.828. The molecule has 1 aliphatic heterocycles. The third kappa shape index (κ3) is 1.78. The minimum atomic E-state index is 0.618. The van der Waals surface area contributed by atoms with Gasteiger partial charge in [0.1, 0.15) is 0 Å². The van der Waals surface area contributed by atoms with Crippen molar-refractivity contribution in [3.8, 4) is 0 Å². The zero-order valence-electron chi connectivity index (χ0n) is 9.19. The first-order chi connectivity index (χ1) is 7.93. The van der Waals surface area contributed by atoms with Gasteiger partial charge in [-0.25, -0.2) is 0 Å². The van der Waals surface area contributed by atoms with Crippen molar-refractivity contribution in [2.24, 2.45) is 0 Å². The van der Waals surface area contributed by atoms with E-state index in [0.717, 1.165) is 13.0 Å². The van der Waals surface area contributed by atoms with Crippen LogP contribution in [-0.4, -0.2) is 22.6 Å². The lowest BCUT2D eigenvalue weighted by atomic mass is 10.0. The molecule has 3 heteroatoms. The number of hydrogen-bond donors (Lipinski definition) is 1. The molecule has 0 amide bonds. The molecule has 1 aliphatic rings. The fourth-order valence-electron chi connectivity index (χ4n) is 2.42. The minimum absolute atomic E-state index is 0.618. The lowest BCUT2D eigenvalue weighted by Gasteiger charge is -2.11. The molecular weight excluding hydrogens is 198 g/mol. The van der Waals surface area contributed by atoms with Crippen LogP contribution in [0.15, 0.2) is 30.9 Å². The first-order valence-corrected chi connectivity index (χ1v) is 5.83. The molecular formula is C13H15N3. The predicted molar refractivity (Wildman–Crippen MR) is 64.3 cm³/mol. The summed E-state index contributed by atoms with van der Waals surface area (Å²) in [7, 11) is 0. The molecule has 0 spiro atoms. The Balaban J connectivity index is 1.96. The van der Waals surface area contributed by atoms with Crippen LogP contribution in [0.4, 0.5) is 0 Å². The van der Waals surface area contributed by atoms with Gasteiger partial charge >= 0.3 is 0 Å². The van der Waals surface area contributed by atoms with Crippen LogP contribution in [0.1, 0.15) is 18.4 Å². The number of hydrogen-bond acceptors (Lipinski definition) is 3. The summed E-state index contributed by atoms with van der Waals surface area (Å²) in [6.07, 6.45) is 11.3. The molecule has 2 aromatic rings. The summed E-state index contributed by atoms with van der Waals surface area (Å²) in [4.78, 5) is 8.50. The maximum Gasteiger partial charge on any atom is 0.0350 e. The van der Waals surface area contributed by atoms with Crippen molar-refractivity contribution >= 4 is 10.8 Å². The van der Waals surface area contributed by atoms with Crippen molar-refractivity contribution in [2.45, 2.75) is 25.3 Å². The van der Waals surface area contributed by atoms with Crippen molar-refractivity contribution in [2.75, 3.05) is 6.54 Å². The average molecular weight is 213 g/mol. The maximum absolute atomic E-state index is 4.30. The Bertz CT molecular complexity index is 484. The van der Waals surface area contributed by atoms with E-state index in [9.17, 15) is 0 Å². The molecule has 0 saturated carbocycles. The van der Waals surface area contributed by atoms with E-state index in [-0.39, 0.29) is 0 Å². The highest BCUT2D eigenvalue weighted by molar-refractivity contribution is 5.83. The van der Waals surface area contributed by atoms with E-state index in [4.69, 9.17) is 0 Å². The fourth-order valence-corrected chi connectivity index (χ4v) is 2.42. The van der Waals surface area contributed by atoms with Gasteiger partial charge in [-0.2, -0.15) is 0 Å². The van der Waals surface area contributed by atoms with Crippen LogP contribution in [0.2, 0.25) is 0 Å². The largest absolute Gasteiger partial charge is 0.314 e. The summed E-state index contributed by atoms with van der Waals surface area (Å²) in [5.74, 6) is 0. The Morgan fingerprint density at radius 3 is 3.12 bits per heavy atom. The molecule has 0 bridgehead atoms. The standard InChI is InChI=1S/C13H15N3/c1-2-12(16-4-1)6-11-8-15-7-10-3-5-14-9-13(10)11/h3,5,7-9,12,16H,1-2,4,6H2. The third-order valence-electron chi connectivity index (χ3n) is 3.27. The SMILES string of the molecule is c1cc2cncc(CC3CCCN3)c2cn1. The first kappa shape index (κ1) is 9.73. The second kappa shape index (κ2) is 4.18. The second-order valence-electron chi connectivity index (χ2n) is 4.39. The van der Waals surface area contributed by atoms with Crippen LogP contribution in [-0.2, 0) is 6.42 Å². The van der Waals surface area contributed by atoms with Gasteiger partial charge in [-0.05, 0) is 37.4 Å². The van der Waals surface area contributed by atoms with Crippen LogP contribution >= 0.6 is 0 Å². The molecule has 1 unspecified atom stereocenters. The molecule has 1 atom stereocenters. The molecule has 0 aromatic carbocycles. The van der Waals surface area contributed by atoms with Gasteiger partial charge in [0.05, 0.1) is 0 Å². The maximum atomic E-state index is 4.30. The zero-order chi connectivity index (χ0) is 10.8. The Morgan fingerprint density at radius 2 is 2.25 bits per heavy atom. The van der Waals surface area contributed by atoms with Crippen molar-refractivity contribution in [3.63, 3.8) is 0 Å². The molecule has 1 saturated heterocycles. The van der Waals surface area contributed by atoms with E-state index in [1.54, 1.807) is 0 Å². The van der Waals surface area contributed by atoms with Crippen molar-refractivity contribution in [1.82, 2.24) is 15.3 Å². The normalized spacial score (nSPS) is 20.4. The zero-order valence-corrected chi connectivity index (χ0v) is 9.19. The summed E-state index contributed by atoms with van der Waals surface area (Å²) in [5.41, 5.74) is 1.31. The third-order valence-corrected chi connectivity index (χ3v) is 3.27. The summed E-state index contributed by atoms with van der Waals surface area (Å²) in [5, 5.41) is 5.95. The van der Waals surface area contributed by atoms with Gasteiger partial charge in [-0.1, -0.05) is 0 Å². The van der Waals surface area contributed by atoms with Gasteiger partial charge in [0.25, 0.3) is 0 Å². The van der Waals surface area contributed by atoms with E-state index >= 15 is 0 Å². The van der Waals surface area contributed by atoms with Crippen LogP contribution in [0.5, 0.6) is 0 Å². The second-order valence-corrected chi connectivity index (χ2v) is 4.39. The molecule has 3 rings (SSSR count). The molecule has 2 aromatic heterocycles. The Kier molecular flexibility index (Phi) is 2.54. The number of nitrogens with one attached hydrogen (secondary N) is 1. The van der Waals surface area contributed by atoms with E-state index < -0.39 is 0 Å². The average Bonchev–Trinajstić information content (AvgIpc) is 2.82. The Hall–Kier alpha value is -1.48. The van der Waals surface area contributed by atoms with Gasteiger partial charge in [0.15, 0.2) is 0 Å². The number of fused-ring (bicyclic) bond motifs is 1. The lowest BCUT2D eigenvalue weighted by Crippen LogP contribution is -2.23. The Morgan fingerprint density at radius 1 is 1.25 bits per heavy atom. The van der Waals surface area contributed by atoms with Crippen molar-refractivity contribution in [1.29, 1.82) is 0 Å². The molecule has 0 radical (unpaired) electrons. The fraction of sp³-hybridized carbons (Fsp3) is 0.385. The number of pyridine rings is 2. The number of aromatic nitrogens is 2. The molecule has 3 nitrogen and oxygen atoms in total.